The zero-order valence-electron chi connectivity index (χ0n) is 17.6. The van der Waals surface area contributed by atoms with Crippen molar-refractivity contribution in [2.75, 3.05) is 11.4 Å². The van der Waals surface area contributed by atoms with Gasteiger partial charge in [-0.1, -0.05) is 29.3 Å². The van der Waals surface area contributed by atoms with Crippen molar-refractivity contribution >= 4 is 72.7 Å². The van der Waals surface area contributed by atoms with E-state index < -0.39 is 23.7 Å². The highest BCUT2D eigenvalue weighted by Gasteiger charge is 2.58. The van der Waals surface area contributed by atoms with Crippen LogP contribution in [0.25, 0.3) is 21.9 Å². The number of benzene rings is 1. The molecule has 1 aliphatic heterocycles. The number of amides is 1. The highest BCUT2D eigenvalue weighted by Crippen LogP contribution is 2.52. The van der Waals surface area contributed by atoms with Crippen LogP contribution in [-0.4, -0.2) is 54.4 Å². The molecule has 0 unspecified atom stereocenters. The Morgan fingerprint density at radius 3 is 2.76 bits per heavy atom. The molecular weight excluding hydrogens is 545 g/mol. The molecule has 4 atom stereocenters. The topological polar surface area (TPSA) is 104 Å². The van der Waals surface area contributed by atoms with E-state index in [1.165, 1.54) is 6.33 Å². The summed E-state index contributed by atoms with van der Waals surface area (Å²) < 4.78 is 2.52. The first-order valence-electron chi connectivity index (χ1n) is 10.7. The molecule has 1 saturated heterocycles. The Morgan fingerprint density at radius 2 is 1.94 bits per heavy atom. The van der Waals surface area contributed by atoms with Crippen molar-refractivity contribution in [1.82, 2.24) is 19.5 Å². The second-order valence-corrected chi connectivity index (χ2v) is 10.6. The van der Waals surface area contributed by atoms with Gasteiger partial charge in [0.2, 0.25) is 5.91 Å². The number of carbonyl (C=O) groups is 1. The van der Waals surface area contributed by atoms with Crippen molar-refractivity contribution < 1.29 is 15.0 Å². The van der Waals surface area contributed by atoms with Crippen LogP contribution in [-0.2, 0) is 4.79 Å². The van der Waals surface area contributed by atoms with Crippen LogP contribution in [0, 0.1) is 5.41 Å². The minimum Gasteiger partial charge on any atom is -0.390 e. The molecule has 1 amide bonds. The monoisotopic (exact) mass is 561 g/mol. The number of fused-ring (bicyclic) bond motifs is 2. The van der Waals surface area contributed by atoms with E-state index in [4.69, 9.17) is 23.2 Å². The molecule has 4 heterocycles. The zero-order chi connectivity index (χ0) is 23.8. The molecular formula is C23H18BrCl2N5O3. The second kappa shape index (κ2) is 7.86. The van der Waals surface area contributed by atoms with Crippen molar-refractivity contribution in [3.8, 4) is 0 Å². The van der Waals surface area contributed by atoms with E-state index in [-0.39, 0.29) is 18.9 Å². The van der Waals surface area contributed by atoms with Gasteiger partial charge in [0.1, 0.15) is 28.4 Å². The number of hydrogen-bond donors (Lipinski definition) is 2. The summed E-state index contributed by atoms with van der Waals surface area (Å²) in [6.45, 7) is 0.283. The van der Waals surface area contributed by atoms with Crippen LogP contribution in [0.15, 0.2) is 47.3 Å². The third-order valence-electron chi connectivity index (χ3n) is 7.08. The van der Waals surface area contributed by atoms with Crippen LogP contribution in [0.3, 0.4) is 0 Å². The van der Waals surface area contributed by atoms with Gasteiger partial charge < -0.3 is 19.7 Å². The quantitative estimate of drug-likeness (QED) is 0.281. The van der Waals surface area contributed by atoms with Gasteiger partial charge in [-0.15, -0.1) is 0 Å². The van der Waals surface area contributed by atoms with Gasteiger partial charge in [0.15, 0.2) is 0 Å². The fourth-order valence-corrected chi connectivity index (χ4v) is 6.07. The molecule has 2 aliphatic rings. The Morgan fingerprint density at radius 1 is 1.12 bits per heavy atom. The lowest BCUT2D eigenvalue weighted by Crippen LogP contribution is -2.38. The van der Waals surface area contributed by atoms with Crippen molar-refractivity contribution in [3.63, 3.8) is 0 Å². The SMILES string of the molecule is O=C1C[C@@]2(C[C@@H](n3ccc4c(Cl)ncnc43)[C@H](O)[C@@H]2O)CN1c1ccc2cc(Br)c(Cl)nc2c1. The lowest BCUT2D eigenvalue weighted by molar-refractivity contribution is -0.118. The van der Waals surface area contributed by atoms with Crippen LogP contribution in [0.4, 0.5) is 5.69 Å². The largest absolute Gasteiger partial charge is 0.390 e. The molecule has 2 N–H and O–H groups in total. The number of hydrogen-bond acceptors (Lipinski definition) is 6. The molecule has 4 aromatic rings. The molecule has 1 spiro atoms. The smallest absolute Gasteiger partial charge is 0.227 e. The first kappa shape index (κ1) is 22.2. The number of aliphatic hydroxyl groups is 2. The van der Waals surface area contributed by atoms with E-state index in [0.717, 1.165) is 5.39 Å². The molecule has 8 nitrogen and oxygen atoms in total. The number of rotatable bonds is 2. The van der Waals surface area contributed by atoms with Gasteiger partial charge in [0.25, 0.3) is 0 Å². The first-order valence-corrected chi connectivity index (χ1v) is 12.2. The molecule has 0 bridgehead atoms. The van der Waals surface area contributed by atoms with Gasteiger partial charge in [-0.25, -0.2) is 15.0 Å². The summed E-state index contributed by atoms with van der Waals surface area (Å²) in [5.74, 6) is -0.114. The maximum Gasteiger partial charge on any atom is 0.227 e. The molecule has 174 valence electrons. The van der Waals surface area contributed by atoms with Gasteiger partial charge in [-0.2, -0.15) is 0 Å². The summed E-state index contributed by atoms with van der Waals surface area (Å²) in [5, 5.41) is 24.4. The standard InChI is InChI=1S/C23H18BrCl2N5O3/c24-14-5-11-1-2-12(6-15(11)29-21(14)26)31-9-23(8-17(31)32)7-16(18(33)19(23)34)30-4-3-13-20(25)27-10-28-22(13)30/h1-6,10,16,18-19,33-34H,7-9H2/t16-,18+,19+,23+/m1/s1. The summed E-state index contributed by atoms with van der Waals surface area (Å²) in [7, 11) is 0. The van der Waals surface area contributed by atoms with Gasteiger partial charge >= 0.3 is 0 Å². The van der Waals surface area contributed by atoms with Crippen LogP contribution in [0.1, 0.15) is 18.9 Å². The molecule has 6 rings (SSSR count). The molecule has 11 heteroatoms. The Labute approximate surface area is 212 Å². The van der Waals surface area contributed by atoms with E-state index in [0.29, 0.717) is 43.4 Å². The minimum atomic E-state index is -1.08. The number of halogens is 3. The van der Waals surface area contributed by atoms with Crippen molar-refractivity contribution in [2.45, 2.75) is 31.1 Å². The van der Waals surface area contributed by atoms with E-state index in [2.05, 4.69) is 30.9 Å². The van der Waals surface area contributed by atoms with Gasteiger partial charge in [-0.05, 0) is 46.6 Å². The van der Waals surface area contributed by atoms with E-state index >= 15 is 0 Å². The average molecular weight is 563 g/mol. The number of pyridine rings is 1. The van der Waals surface area contributed by atoms with Gasteiger partial charge in [0.05, 0.1) is 27.5 Å². The predicted octanol–water partition coefficient (Wildman–Crippen LogP) is 4.14. The highest BCUT2D eigenvalue weighted by atomic mass is 79.9. The second-order valence-electron chi connectivity index (χ2n) is 8.99. The number of anilines is 1. The molecule has 34 heavy (non-hydrogen) atoms. The molecule has 1 aliphatic carbocycles. The summed E-state index contributed by atoms with van der Waals surface area (Å²) in [4.78, 5) is 27.5. The van der Waals surface area contributed by atoms with Crippen molar-refractivity contribution in [3.05, 3.63) is 57.6 Å². The summed E-state index contributed by atoms with van der Waals surface area (Å²) in [5.41, 5.74) is 1.13. The highest BCUT2D eigenvalue weighted by molar-refractivity contribution is 9.10. The van der Waals surface area contributed by atoms with E-state index in [1.807, 2.05) is 28.8 Å². The molecule has 2 fully saturated rings. The fourth-order valence-electron chi connectivity index (χ4n) is 5.40. The first-order chi connectivity index (χ1) is 16.3. The van der Waals surface area contributed by atoms with Crippen LogP contribution in [0.5, 0.6) is 0 Å². The number of aliphatic hydroxyl groups excluding tert-OH is 2. The Balaban J connectivity index is 1.34. The Hall–Kier alpha value is -2.30. The average Bonchev–Trinajstić information content (AvgIpc) is 3.45. The van der Waals surface area contributed by atoms with Crippen LogP contribution >= 0.6 is 39.1 Å². The lowest BCUT2D eigenvalue weighted by Gasteiger charge is -2.27. The maximum atomic E-state index is 13.1. The van der Waals surface area contributed by atoms with E-state index in [9.17, 15) is 15.0 Å². The maximum absolute atomic E-state index is 13.1. The van der Waals surface area contributed by atoms with Crippen molar-refractivity contribution in [1.29, 1.82) is 0 Å². The van der Waals surface area contributed by atoms with Crippen molar-refractivity contribution in [2.24, 2.45) is 5.41 Å². The predicted molar refractivity (Wildman–Crippen MR) is 132 cm³/mol. The molecule has 1 saturated carbocycles. The lowest BCUT2D eigenvalue weighted by atomic mass is 9.82. The number of nitrogens with zero attached hydrogens (tertiary/aromatic N) is 5. The minimum absolute atomic E-state index is 0.114. The third-order valence-corrected chi connectivity index (χ3v) is 8.50. The summed E-state index contributed by atoms with van der Waals surface area (Å²) >= 11 is 15.7. The van der Waals surface area contributed by atoms with Crippen LogP contribution in [0.2, 0.25) is 10.3 Å². The molecule has 0 radical (unpaired) electrons. The molecule has 1 aromatic carbocycles. The number of carbonyl (C=O) groups excluding carboxylic acids is 1. The van der Waals surface area contributed by atoms with Crippen LogP contribution < -0.4 is 4.90 Å². The van der Waals surface area contributed by atoms with Gasteiger partial charge in [-0.3, -0.25) is 4.79 Å². The fraction of sp³-hybridized carbons (Fsp3) is 0.304. The van der Waals surface area contributed by atoms with E-state index in [1.54, 1.807) is 17.2 Å². The number of aromatic nitrogens is 4. The normalized spacial score (nSPS) is 27.0. The summed E-state index contributed by atoms with van der Waals surface area (Å²) in [6, 6.07) is 8.77. The third kappa shape index (κ3) is 3.25. The summed E-state index contributed by atoms with van der Waals surface area (Å²) in [6.07, 6.45) is 1.55. The Bertz CT molecular complexity index is 1480. The molecule has 3 aromatic heterocycles. The zero-order valence-corrected chi connectivity index (χ0v) is 20.7. The van der Waals surface area contributed by atoms with Gasteiger partial charge in [0, 0.05) is 35.7 Å². The Kier molecular flexibility index (Phi) is 5.13.